The van der Waals surface area contributed by atoms with Crippen molar-refractivity contribution in [2.45, 2.75) is 367 Å². The molecule has 3 N–H and O–H groups in total. The molecule has 19 heteroatoms. The first-order valence-electron chi connectivity index (χ1n) is 39.8. The number of allylic oxidation sites excluding steroid dienone is 14. The van der Waals surface area contributed by atoms with Gasteiger partial charge in [0.2, 0.25) is 0 Å². The SMILES string of the molecule is CCCCC/C=C\C/C=C\C/C=C\C/C=C\CCCC(=O)OC[C@H](COP(=O)(O)OC[C@H](O)COP(=O)(O)OC[C@@H](COC(=O)CCCCCCC/C=C\CCCCCC)OC(=O)CCCCCCC/C=C\CCCCCCCC)OC(=O)CCCCCCC/C=C\CCCCCCCC. The lowest BCUT2D eigenvalue weighted by Gasteiger charge is -2.21. The van der Waals surface area contributed by atoms with Gasteiger partial charge in [-0.3, -0.25) is 37.3 Å². The van der Waals surface area contributed by atoms with Crippen LogP contribution in [-0.2, 0) is 65.4 Å². The van der Waals surface area contributed by atoms with E-state index in [0.717, 1.165) is 141 Å². The Morgan fingerprint density at radius 2 is 0.500 bits per heavy atom. The smallest absolute Gasteiger partial charge is 0.462 e. The molecule has 0 fully saturated rings. The van der Waals surface area contributed by atoms with Crippen LogP contribution in [0.4, 0.5) is 0 Å². The Kier molecular flexibility index (Phi) is 70.8. The molecule has 0 saturated heterocycles. The van der Waals surface area contributed by atoms with Crippen molar-refractivity contribution in [1.29, 1.82) is 0 Å². The third kappa shape index (κ3) is 72.6. The van der Waals surface area contributed by atoms with Crippen molar-refractivity contribution in [2.24, 2.45) is 0 Å². The second kappa shape index (κ2) is 73.5. The van der Waals surface area contributed by atoms with Crippen molar-refractivity contribution in [3.05, 3.63) is 85.1 Å². The van der Waals surface area contributed by atoms with Gasteiger partial charge in [0, 0.05) is 25.7 Å². The van der Waals surface area contributed by atoms with Gasteiger partial charge in [0.15, 0.2) is 12.2 Å². The highest BCUT2D eigenvalue weighted by Gasteiger charge is 2.30. The molecule has 0 saturated carbocycles. The predicted octanol–water partition coefficient (Wildman–Crippen LogP) is 23.0. The number of carbonyl (C=O) groups is 4. The molecule has 0 aliphatic rings. The number of phosphoric ester groups is 2. The Labute approximate surface area is 608 Å². The van der Waals surface area contributed by atoms with Crippen molar-refractivity contribution in [2.75, 3.05) is 39.6 Å². The van der Waals surface area contributed by atoms with Crippen LogP contribution in [0.2, 0.25) is 0 Å². The molecule has 0 spiro atoms. The Morgan fingerprint density at radius 1 is 0.280 bits per heavy atom. The molecule has 5 atom stereocenters. The average molecular weight is 1450 g/mol. The van der Waals surface area contributed by atoms with Gasteiger partial charge in [-0.15, -0.1) is 0 Å². The summed E-state index contributed by atoms with van der Waals surface area (Å²) in [5, 5.41) is 10.6. The molecular weight excluding hydrogens is 1310 g/mol. The number of hydrogen-bond acceptors (Lipinski definition) is 15. The lowest BCUT2D eigenvalue weighted by atomic mass is 10.1. The average Bonchev–Trinajstić information content (AvgIpc) is 0.945. The van der Waals surface area contributed by atoms with Gasteiger partial charge < -0.3 is 33.8 Å². The van der Waals surface area contributed by atoms with Crippen LogP contribution in [0, 0.1) is 0 Å². The Morgan fingerprint density at radius 3 is 0.830 bits per heavy atom. The van der Waals surface area contributed by atoms with Crippen molar-refractivity contribution in [3.63, 3.8) is 0 Å². The predicted molar refractivity (Wildman–Crippen MR) is 409 cm³/mol. The number of hydrogen-bond donors (Lipinski definition) is 3. The van der Waals surface area contributed by atoms with E-state index < -0.39 is 97.5 Å². The van der Waals surface area contributed by atoms with Crippen molar-refractivity contribution in [1.82, 2.24) is 0 Å². The van der Waals surface area contributed by atoms with Gasteiger partial charge in [-0.25, -0.2) is 9.13 Å². The van der Waals surface area contributed by atoms with E-state index in [2.05, 4.69) is 101 Å². The minimum absolute atomic E-state index is 0.0746. The number of carbonyl (C=O) groups excluding carboxylic acids is 4. The van der Waals surface area contributed by atoms with E-state index in [1.54, 1.807) is 0 Å². The van der Waals surface area contributed by atoms with Gasteiger partial charge in [-0.1, -0.05) is 267 Å². The van der Waals surface area contributed by atoms with Crippen molar-refractivity contribution >= 4 is 39.5 Å². The monoisotopic (exact) mass is 1450 g/mol. The molecule has 17 nitrogen and oxygen atoms in total. The number of aliphatic hydroxyl groups excluding tert-OH is 1. The number of ether oxygens (including phenoxy) is 4. The normalized spacial score (nSPS) is 14.3. The first-order valence-corrected chi connectivity index (χ1v) is 42.8. The van der Waals surface area contributed by atoms with E-state index in [1.807, 2.05) is 12.2 Å². The van der Waals surface area contributed by atoms with E-state index in [0.29, 0.717) is 32.1 Å². The summed E-state index contributed by atoms with van der Waals surface area (Å²) >= 11 is 0. The molecule has 0 amide bonds. The van der Waals surface area contributed by atoms with Crippen molar-refractivity contribution in [3.8, 4) is 0 Å². The van der Waals surface area contributed by atoms with Crippen LogP contribution in [0.1, 0.15) is 349 Å². The Hall–Kier alpha value is -3.76. The first kappa shape index (κ1) is 96.2. The molecule has 0 aliphatic heterocycles. The van der Waals surface area contributed by atoms with Crippen LogP contribution in [0.15, 0.2) is 85.1 Å². The highest BCUT2D eigenvalue weighted by molar-refractivity contribution is 7.47. The molecule has 580 valence electrons. The number of phosphoric acid groups is 2. The molecule has 0 aromatic heterocycles. The van der Waals surface area contributed by atoms with E-state index in [4.69, 9.17) is 37.0 Å². The van der Waals surface area contributed by atoms with Gasteiger partial charge in [0.25, 0.3) is 0 Å². The molecule has 0 rings (SSSR count). The maximum Gasteiger partial charge on any atom is 0.472 e. The molecule has 0 aromatic rings. The highest BCUT2D eigenvalue weighted by Crippen LogP contribution is 2.45. The van der Waals surface area contributed by atoms with E-state index in [-0.39, 0.29) is 25.7 Å². The van der Waals surface area contributed by atoms with Gasteiger partial charge in [0.05, 0.1) is 26.4 Å². The summed E-state index contributed by atoms with van der Waals surface area (Å²) in [5.41, 5.74) is 0. The minimum Gasteiger partial charge on any atom is -0.462 e. The summed E-state index contributed by atoms with van der Waals surface area (Å²) in [7, 11) is -9.97. The summed E-state index contributed by atoms with van der Waals surface area (Å²) in [6.45, 7) is 4.77. The summed E-state index contributed by atoms with van der Waals surface area (Å²) in [5.74, 6) is -2.25. The lowest BCUT2D eigenvalue weighted by Crippen LogP contribution is -2.30. The summed E-state index contributed by atoms with van der Waals surface area (Å²) in [6.07, 6.45) is 75.7. The maximum absolute atomic E-state index is 13.1. The number of rotatable bonds is 75. The fourth-order valence-electron chi connectivity index (χ4n) is 10.7. The number of unbranched alkanes of at least 4 members (excludes halogenated alkanes) is 35. The number of esters is 4. The molecule has 100 heavy (non-hydrogen) atoms. The zero-order chi connectivity index (χ0) is 73.2. The van der Waals surface area contributed by atoms with Crippen LogP contribution in [0.3, 0.4) is 0 Å². The third-order valence-corrected chi connectivity index (χ3v) is 18.7. The fraction of sp³-hybridized carbons (Fsp3) is 0.778. The first-order chi connectivity index (χ1) is 48.7. The van der Waals surface area contributed by atoms with Crippen LogP contribution >= 0.6 is 15.6 Å². The quantitative estimate of drug-likeness (QED) is 0.0169. The Bertz CT molecular complexity index is 2230. The van der Waals surface area contributed by atoms with Gasteiger partial charge in [-0.2, -0.15) is 0 Å². The zero-order valence-electron chi connectivity index (χ0n) is 63.4. The zero-order valence-corrected chi connectivity index (χ0v) is 65.2. The van der Waals surface area contributed by atoms with E-state index >= 15 is 0 Å². The second-order valence-electron chi connectivity index (χ2n) is 26.6. The number of aliphatic hydroxyl groups is 1. The van der Waals surface area contributed by atoms with Gasteiger partial charge in [-0.05, 0) is 141 Å². The molecule has 0 aromatic carbocycles. The van der Waals surface area contributed by atoms with Crippen LogP contribution < -0.4 is 0 Å². The topological polar surface area (TPSA) is 237 Å². The molecular formula is C81H144O17P2. The molecule has 2 unspecified atom stereocenters. The summed E-state index contributed by atoms with van der Waals surface area (Å²) < 4.78 is 68.5. The van der Waals surface area contributed by atoms with E-state index in [9.17, 15) is 43.2 Å². The fourth-order valence-corrected chi connectivity index (χ4v) is 12.2. The van der Waals surface area contributed by atoms with Gasteiger partial charge in [0.1, 0.15) is 19.3 Å². The summed E-state index contributed by atoms with van der Waals surface area (Å²) in [4.78, 5) is 72.9. The third-order valence-electron chi connectivity index (χ3n) is 16.8. The standard InChI is InChI=1S/C81H144O17P2/c1-5-9-13-17-21-25-29-33-36-37-40-42-46-50-54-58-62-66-79(84)92-72-77(98-81(86)68-64-60-56-52-48-44-39-35-31-27-23-19-15-11-7-3)74-96-100(89,90)94-70-75(82)69-93-99(87,88)95-73-76(71-91-78(83)65-61-57-53-49-45-41-32-28-24-20-16-12-8-4)97-80(85)67-63-59-55-51-47-43-38-34-30-26-22-18-14-10-6-2/h21,25,28,32-36,38-40,42,50,54,75-77,82H,5-20,22-24,26-27,29-31,37,41,43-49,51-53,55-74H2,1-4H3,(H,87,88)(H,89,90)/b25-21-,32-28-,36-33-,38-34-,39-35-,42-40-,54-50-/t75-,76-,77-/m1/s1. The molecule has 0 heterocycles. The highest BCUT2D eigenvalue weighted by atomic mass is 31.2. The van der Waals surface area contributed by atoms with E-state index in [1.165, 1.54) is 122 Å². The molecule has 0 bridgehead atoms. The lowest BCUT2D eigenvalue weighted by molar-refractivity contribution is -0.161. The maximum atomic E-state index is 13.1. The Balaban J connectivity index is 5.40. The minimum atomic E-state index is -4.99. The molecule has 0 radical (unpaired) electrons. The largest absolute Gasteiger partial charge is 0.472 e. The van der Waals surface area contributed by atoms with Gasteiger partial charge >= 0.3 is 39.5 Å². The van der Waals surface area contributed by atoms with Crippen LogP contribution in [0.25, 0.3) is 0 Å². The van der Waals surface area contributed by atoms with Crippen LogP contribution in [-0.4, -0.2) is 96.7 Å². The molecule has 0 aliphatic carbocycles. The summed E-state index contributed by atoms with van der Waals surface area (Å²) in [6, 6.07) is 0. The van der Waals surface area contributed by atoms with Crippen molar-refractivity contribution < 1.29 is 80.2 Å². The second-order valence-corrected chi connectivity index (χ2v) is 29.5. The van der Waals surface area contributed by atoms with Crippen LogP contribution in [0.5, 0.6) is 0 Å².